The molecule has 3 aliphatic rings. The molecule has 0 spiro atoms. The lowest BCUT2D eigenvalue weighted by Gasteiger charge is -2.23. The van der Waals surface area contributed by atoms with Crippen molar-refractivity contribution < 1.29 is 14.7 Å². The zero-order valence-electron chi connectivity index (χ0n) is 16.9. The van der Waals surface area contributed by atoms with Crippen LogP contribution < -0.4 is 5.32 Å². The van der Waals surface area contributed by atoms with Gasteiger partial charge in [-0.3, -0.25) is 4.79 Å². The van der Waals surface area contributed by atoms with Gasteiger partial charge in [-0.1, -0.05) is 19.4 Å². The largest absolute Gasteiger partial charge is 0.481 e. The number of aliphatic carboxylic acids is 1. The van der Waals surface area contributed by atoms with Gasteiger partial charge in [0, 0.05) is 32.1 Å². The molecule has 0 radical (unpaired) electrons. The van der Waals surface area contributed by atoms with Gasteiger partial charge in [-0.15, -0.1) is 0 Å². The van der Waals surface area contributed by atoms with E-state index in [-0.39, 0.29) is 11.9 Å². The molecule has 0 bridgehead atoms. The second-order valence-corrected chi connectivity index (χ2v) is 8.90. The number of hydrogen-bond acceptors (Lipinski definition) is 3. The predicted octanol–water partition coefficient (Wildman–Crippen LogP) is 3.33. The lowest BCUT2D eigenvalue weighted by molar-refractivity contribution is -0.149. The Morgan fingerprint density at radius 3 is 2.83 bits per heavy atom. The van der Waals surface area contributed by atoms with Crippen LogP contribution in [0.25, 0.3) is 11.0 Å². The number of carbonyl (C=O) groups excluding carboxylic acids is 1. The van der Waals surface area contributed by atoms with E-state index in [0.29, 0.717) is 32.1 Å². The monoisotopic (exact) mass is 396 g/mol. The molecule has 2 heterocycles. The minimum Gasteiger partial charge on any atom is -0.481 e. The first-order valence-electron chi connectivity index (χ1n) is 10.8. The van der Waals surface area contributed by atoms with Crippen molar-refractivity contribution in [2.24, 2.45) is 11.3 Å². The molecule has 1 aliphatic heterocycles. The fourth-order valence-electron chi connectivity index (χ4n) is 5.38. The Labute approximate surface area is 170 Å². The van der Waals surface area contributed by atoms with Crippen molar-refractivity contribution in [1.82, 2.24) is 19.8 Å². The number of imidazole rings is 1. The fourth-order valence-corrected chi connectivity index (χ4v) is 5.38. The van der Waals surface area contributed by atoms with Crippen LogP contribution in [-0.2, 0) is 17.8 Å². The molecule has 3 fully saturated rings. The number of carbonyl (C=O) groups is 2. The maximum Gasteiger partial charge on any atom is 0.317 e. The third-order valence-corrected chi connectivity index (χ3v) is 7.08. The molecule has 2 aromatic rings. The number of benzene rings is 1. The van der Waals surface area contributed by atoms with Crippen molar-refractivity contribution in [3.63, 3.8) is 0 Å². The number of likely N-dealkylation sites (tertiary alicyclic amines) is 1. The summed E-state index contributed by atoms with van der Waals surface area (Å²) in [5, 5.41) is 12.7. The number of nitrogens with zero attached hydrogens (tertiary/aromatic N) is 3. The molecular weight excluding hydrogens is 368 g/mol. The third kappa shape index (κ3) is 2.98. The van der Waals surface area contributed by atoms with Gasteiger partial charge in [-0.2, -0.15) is 0 Å². The molecule has 2 saturated carbocycles. The molecule has 154 valence electrons. The van der Waals surface area contributed by atoms with Crippen molar-refractivity contribution in [3.8, 4) is 0 Å². The number of carboxylic acid groups (broad SMARTS) is 1. The van der Waals surface area contributed by atoms with Gasteiger partial charge in [0.2, 0.25) is 0 Å². The van der Waals surface area contributed by atoms with Crippen LogP contribution in [0.5, 0.6) is 0 Å². The molecule has 5 rings (SSSR count). The summed E-state index contributed by atoms with van der Waals surface area (Å²) < 4.78 is 2.37. The van der Waals surface area contributed by atoms with Crippen molar-refractivity contribution in [2.75, 3.05) is 13.1 Å². The summed E-state index contributed by atoms with van der Waals surface area (Å²) in [5.41, 5.74) is 2.44. The lowest BCUT2D eigenvalue weighted by atomic mass is 9.81. The number of nitrogens with one attached hydrogen (secondary N) is 1. The van der Waals surface area contributed by atoms with E-state index in [1.54, 1.807) is 4.90 Å². The van der Waals surface area contributed by atoms with E-state index in [4.69, 9.17) is 4.98 Å². The van der Waals surface area contributed by atoms with Gasteiger partial charge in [0.25, 0.3) is 0 Å². The van der Waals surface area contributed by atoms with E-state index in [2.05, 4.69) is 35.0 Å². The number of carboxylic acids is 1. The van der Waals surface area contributed by atoms with Gasteiger partial charge in [-0.25, -0.2) is 9.78 Å². The van der Waals surface area contributed by atoms with Crippen molar-refractivity contribution in [2.45, 2.75) is 58.0 Å². The molecule has 2 amide bonds. The number of fused-ring (bicyclic) bond motifs is 2. The van der Waals surface area contributed by atoms with E-state index >= 15 is 0 Å². The Morgan fingerprint density at radius 2 is 2.14 bits per heavy atom. The minimum absolute atomic E-state index is 0.0842. The van der Waals surface area contributed by atoms with Gasteiger partial charge in [-0.05, 0) is 49.3 Å². The Hall–Kier alpha value is -2.57. The first kappa shape index (κ1) is 18.5. The third-order valence-electron chi connectivity index (χ3n) is 7.08. The summed E-state index contributed by atoms with van der Waals surface area (Å²) in [6.45, 7) is 3.43. The van der Waals surface area contributed by atoms with Crippen molar-refractivity contribution in [3.05, 3.63) is 29.6 Å². The van der Waals surface area contributed by atoms with Crippen LogP contribution in [0.4, 0.5) is 4.79 Å². The van der Waals surface area contributed by atoms with E-state index in [0.717, 1.165) is 36.2 Å². The topological polar surface area (TPSA) is 87.5 Å². The maximum atomic E-state index is 12.7. The highest BCUT2D eigenvalue weighted by atomic mass is 16.4. The summed E-state index contributed by atoms with van der Waals surface area (Å²) in [4.78, 5) is 31.0. The second-order valence-electron chi connectivity index (χ2n) is 8.90. The van der Waals surface area contributed by atoms with Gasteiger partial charge < -0.3 is 19.9 Å². The molecule has 2 aliphatic carbocycles. The van der Waals surface area contributed by atoms with Gasteiger partial charge in [0.1, 0.15) is 5.82 Å². The maximum absolute atomic E-state index is 12.7. The van der Waals surface area contributed by atoms with E-state index in [1.165, 1.54) is 18.4 Å². The molecule has 7 nitrogen and oxygen atoms in total. The van der Waals surface area contributed by atoms with Gasteiger partial charge in [0.15, 0.2) is 0 Å². The smallest absolute Gasteiger partial charge is 0.317 e. The fraction of sp³-hybridized carbons (Fsp3) is 0.591. The predicted molar refractivity (Wildman–Crippen MR) is 109 cm³/mol. The first-order chi connectivity index (χ1) is 14.0. The highest BCUT2D eigenvalue weighted by molar-refractivity contribution is 5.81. The van der Waals surface area contributed by atoms with Crippen LogP contribution in [0.15, 0.2) is 18.2 Å². The SMILES string of the molecule is CCc1nc2cc(CNC(=O)N3C[C@@H]4CCC[C@@]4(C(=O)O)C3)ccc2n1C1CC1. The van der Waals surface area contributed by atoms with Crippen LogP contribution in [0.1, 0.15) is 56.5 Å². The number of amides is 2. The molecule has 1 saturated heterocycles. The average Bonchev–Trinajstić information content (AvgIpc) is 3.19. The molecule has 2 atom stereocenters. The number of hydrogen-bond donors (Lipinski definition) is 2. The van der Waals surface area contributed by atoms with Crippen LogP contribution in [0, 0.1) is 11.3 Å². The summed E-state index contributed by atoms with van der Waals surface area (Å²) in [7, 11) is 0. The Bertz CT molecular complexity index is 980. The van der Waals surface area contributed by atoms with E-state index in [9.17, 15) is 14.7 Å². The number of aromatic nitrogens is 2. The van der Waals surface area contributed by atoms with Gasteiger partial charge in [0.05, 0.1) is 16.4 Å². The highest BCUT2D eigenvalue weighted by Gasteiger charge is 2.55. The van der Waals surface area contributed by atoms with Crippen LogP contribution in [-0.4, -0.2) is 44.6 Å². The Morgan fingerprint density at radius 1 is 1.31 bits per heavy atom. The molecule has 1 aromatic heterocycles. The van der Waals surface area contributed by atoms with Crippen molar-refractivity contribution >= 4 is 23.0 Å². The quantitative estimate of drug-likeness (QED) is 0.812. The molecule has 2 N–H and O–H groups in total. The Balaban J connectivity index is 1.27. The molecule has 0 unspecified atom stereocenters. The van der Waals surface area contributed by atoms with Crippen molar-refractivity contribution in [1.29, 1.82) is 0 Å². The second kappa shape index (κ2) is 6.75. The first-order valence-corrected chi connectivity index (χ1v) is 10.8. The zero-order chi connectivity index (χ0) is 20.2. The highest BCUT2D eigenvalue weighted by Crippen LogP contribution is 2.48. The summed E-state index contributed by atoms with van der Waals surface area (Å²) in [5.74, 6) is 0.464. The number of rotatable bonds is 5. The number of aryl methyl sites for hydroxylation is 1. The van der Waals surface area contributed by atoms with Crippen LogP contribution in [0.3, 0.4) is 0 Å². The lowest BCUT2D eigenvalue weighted by Crippen LogP contribution is -2.41. The molecular formula is C22H28N4O3. The summed E-state index contributed by atoms with van der Waals surface area (Å²) >= 11 is 0. The molecule has 29 heavy (non-hydrogen) atoms. The van der Waals surface area contributed by atoms with Crippen LogP contribution in [0.2, 0.25) is 0 Å². The van der Waals surface area contributed by atoms with Gasteiger partial charge >= 0.3 is 12.0 Å². The summed E-state index contributed by atoms with van der Waals surface area (Å²) in [6, 6.07) is 6.65. The van der Waals surface area contributed by atoms with E-state index in [1.807, 2.05) is 0 Å². The molecule has 7 heteroatoms. The standard InChI is InChI=1S/C22H28N4O3/c1-2-19-24-17-10-14(5-8-18(17)26(19)16-6-7-16)11-23-21(29)25-12-15-4-3-9-22(15,13-25)20(27)28/h5,8,10,15-16H,2-4,6-7,9,11-13H2,1H3,(H,23,29)(H,27,28)/t15-,22+/m0/s1. The minimum atomic E-state index is -0.751. The summed E-state index contributed by atoms with van der Waals surface area (Å²) in [6.07, 6.45) is 5.89. The Kier molecular flexibility index (Phi) is 4.29. The molecule has 1 aromatic carbocycles. The average molecular weight is 396 g/mol. The zero-order valence-corrected chi connectivity index (χ0v) is 16.9. The van der Waals surface area contributed by atoms with Crippen LogP contribution >= 0.6 is 0 Å². The number of urea groups is 1. The van der Waals surface area contributed by atoms with E-state index < -0.39 is 11.4 Å². The normalized spacial score (nSPS) is 26.1.